The van der Waals surface area contributed by atoms with Gasteiger partial charge in [-0.1, -0.05) is 6.92 Å². The first-order chi connectivity index (χ1) is 4.54. The molecule has 3 nitrogen and oxygen atoms in total. The molecule has 1 saturated carbocycles. The Labute approximate surface area is 61.2 Å². The molecule has 1 fully saturated rings. The standard InChI is InChI=1S/C6H13N.CH2O2/c1-5-3-4-6(5,2)7;2-1-3/h5H,3-4,7H2,1-2H3;1H,(H,2,3). The molecule has 3 heteroatoms. The highest BCUT2D eigenvalue weighted by atomic mass is 16.3. The fourth-order valence-corrected chi connectivity index (χ4v) is 0.888. The molecule has 60 valence electrons. The molecule has 1 rings (SSSR count). The Balaban J connectivity index is 0.000000236. The predicted octanol–water partition coefficient (Wildman–Crippen LogP) is 0.834. The van der Waals surface area contributed by atoms with Crippen molar-refractivity contribution in [2.45, 2.75) is 32.2 Å². The average Bonchev–Trinajstić information content (AvgIpc) is 1.87. The normalized spacial score (nSPS) is 36.9. The number of hydrogen-bond donors (Lipinski definition) is 2. The lowest BCUT2D eigenvalue weighted by atomic mass is 9.70. The van der Waals surface area contributed by atoms with Crippen LogP contribution in [0.2, 0.25) is 0 Å². The van der Waals surface area contributed by atoms with Crippen LogP contribution in [-0.4, -0.2) is 17.1 Å². The van der Waals surface area contributed by atoms with Gasteiger partial charge in [0.1, 0.15) is 0 Å². The van der Waals surface area contributed by atoms with Crippen molar-refractivity contribution >= 4 is 6.47 Å². The second kappa shape index (κ2) is 3.56. The summed E-state index contributed by atoms with van der Waals surface area (Å²) in [5, 5.41) is 6.89. The molecule has 0 aromatic heterocycles. The molecule has 0 saturated heterocycles. The molecule has 2 atom stereocenters. The van der Waals surface area contributed by atoms with Gasteiger partial charge in [0.15, 0.2) is 0 Å². The molecular formula is C7H15NO2. The second-order valence-corrected chi connectivity index (χ2v) is 3.05. The highest BCUT2D eigenvalue weighted by molar-refractivity contribution is 5.32. The summed E-state index contributed by atoms with van der Waals surface area (Å²) in [6.07, 6.45) is 2.54. The molecule has 10 heavy (non-hydrogen) atoms. The molecule has 3 N–H and O–H groups in total. The Bertz CT molecular complexity index is 112. The van der Waals surface area contributed by atoms with Gasteiger partial charge in [0, 0.05) is 5.54 Å². The average molecular weight is 145 g/mol. The van der Waals surface area contributed by atoms with Crippen LogP contribution in [0.4, 0.5) is 0 Å². The summed E-state index contributed by atoms with van der Waals surface area (Å²) in [6.45, 7) is 4.09. The van der Waals surface area contributed by atoms with E-state index in [-0.39, 0.29) is 12.0 Å². The predicted molar refractivity (Wildman–Crippen MR) is 39.7 cm³/mol. The lowest BCUT2D eigenvalue weighted by Crippen LogP contribution is -2.50. The molecule has 0 bridgehead atoms. The lowest BCUT2D eigenvalue weighted by Gasteiger charge is -2.41. The van der Waals surface area contributed by atoms with Crippen molar-refractivity contribution in [2.24, 2.45) is 11.7 Å². The van der Waals surface area contributed by atoms with Gasteiger partial charge < -0.3 is 10.8 Å². The smallest absolute Gasteiger partial charge is 0.290 e. The van der Waals surface area contributed by atoms with E-state index in [1.54, 1.807) is 0 Å². The van der Waals surface area contributed by atoms with Crippen molar-refractivity contribution in [3.8, 4) is 0 Å². The zero-order chi connectivity index (χ0) is 8.20. The monoisotopic (exact) mass is 145 g/mol. The topological polar surface area (TPSA) is 63.3 Å². The molecule has 0 aliphatic heterocycles. The Morgan fingerprint density at radius 3 is 2.10 bits per heavy atom. The minimum Gasteiger partial charge on any atom is -0.483 e. The maximum atomic E-state index is 8.36. The summed E-state index contributed by atoms with van der Waals surface area (Å²) in [5.74, 6) is 0.757. The first-order valence-corrected chi connectivity index (χ1v) is 3.41. The zero-order valence-corrected chi connectivity index (χ0v) is 6.50. The van der Waals surface area contributed by atoms with Crippen molar-refractivity contribution in [2.75, 3.05) is 0 Å². The summed E-state index contributed by atoms with van der Waals surface area (Å²) >= 11 is 0. The van der Waals surface area contributed by atoms with Crippen LogP contribution < -0.4 is 5.73 Å². The minimum atomic E-state index is -0.250. The van der Waals surface area contributed by atoms with Gasteiger partial charge in [-0.25, -0.2) is 0 Å². The van der Waals surface area contributed by atoms with Gasteiger partial charge in [0.25, 0.3) is 6.47 Å². The van der Waals surface area contributed by atoms with Crippen molar-refractivity contribution in [1.82, 2.24) is 0 Å². The number of carbonyl (C=O) groups is 1. The quantitative estimate of drug-likeness (QED) is 0.496. The summed E-state index contributed by atoms with van der Waals surface area (Å²) in [7, 11) is 0. The van der Waals surface area contributed by atoms with Crippen LogP contribution in [0, 0.1) is 5.92 Å². The third-order valence-electron chi connectivity index (χ3n) is 2.24. The SMILES string of the molecule is CC1CCC1(C)N.O=CO. The molecule has 0 radical (unpaired) electrons. The van der Waals surface area contributed by atoms with E-state index in [1.165, 1.54) is 12.8 Å². The number of nitrogens with two attached hydrogens (primary N) is 1. The molecule has 0 spiro atoms. The number of hydrogen-bond acceptors (Lipinski definition) is 2. The Morgan fingerprint density at radius 2 is 2.10 bits per heavy atom. The van der Waals surface area contributed by atoms with E-state index in [1.807, 2.05) is 0 Å². The molecule has 1 aliphatic carbocycles. The maximum absolute atomic E-state index is 8.36. The summed E-state index contributed by atoms with van der Waals surface area (Å²) in [6, 6.07) is 0. The second-order valence-electron chi connectivity index (χ2n) is 3.05. The van der Waals surface area contributed by atoms with Crippen molar-refractivity contribution in [3.63, 3.8) is 0 Å². The van der Waals surface area contributed by atoms with E-state index < -0.39 is 0 Å². The van der Waals surface area contributed by atoms with Crippen LogP contribution in [-0.2, 0) is 4.79 Å². The van der Waals surface area contributed by atoms with Crippen molar-refractivity contribution < 1.29 is 9.90 Å². The molecule has 0 amide bonds. The fourth-order valence-electron chi connectivity index (χ4n) is 0.888. The highest BCUT2D eigenvalue weighted by Gasteiger charge is 2.34. The molecule has 0 heterocycles. The van der Waals surface area contributed by atoms with Crippen molar-refractivity contribution in [1.29, 1.82) is 0 Å². The van der Waals surface area contributed by atoms with Crippen LogP contribution in [0.5, 0.6) is 0 Å². The van der Waals surface area contributed by atoms with Crippen LogP contribution in [0.15, 0.2) is 0 Å². The van der Waals surface area contributed by atoms with Gasteiger partial charge in [-0.05, 0) is 25.7 Å². The third kappa shape index (κ3) is 2.35. The summed E-state index contributed by atoms with van der Waals surface area (Å²) in [5.41, 5.74) is 5.95. The summed E-state index contributed by atoms with van der Waals surface area (Å²) < 4.78 is 0. The van der Waals surface area contributed by atoms with E-state index in [2.05, 4.69) is 13.8 Å². The van der Waals surface area contributed by atoms with Gasteiger partial charge in [0.2, 0.25) is 0 Å². The van der Waals surface area contributed by atoms with Crippen LogP contribution in [0.3, 0.4) is 0 Å². The largest absolute Gasteiger partial charge is 0.483 e. The maximum Gasteiger partial charge on any atom is 0.290 e. The number of carboxylic acid groups (broad SMARTS) is 1. The van der Waals surface area contributed by atoms with E-state index in [0.29, 0.717) is 0 Å². The van der Waals surface area contributed by atoms with Gasteiger partial charge in [0.05, 0.1) is 0 Å². The summed E-state index contributed by atoms with van der Waals surface area (Å²) in [4.78, 5) is 8.36. The van der Waals surface area contributed by atoms with E-state index in [9.17, 15) is 0 Å². The Kier molecular flexibility index (Phi) is 3.36. The van der Waals surface area contributed by atoms with E-state index in [0.717, 1.165) is 5.92 Å². The molecule has 1 aliphatic rings. The Morgan fingerprint density at radius 1 is 1.80 bits per heavy atom. The molecule has 0 aromatic carbocycles. The fraction of sp³-hybridized carbons (Fsp3) is 0.857. The third-order valence-corrected chi connectivity index (χ3v) is 2.24. The molecule has 0 aromatic rings. The van der Waals surface area contributed by atoms with Crippen LogP contribution >= 0.6 is 0 Å². The van der Waals surface area contributed by atoms with E-state index in [4.69, 9.17) is 15.6 Å². The minimum absolute atomic E-state index is 0.181. The number of rotatable bonds is 0. The Hall–Kier alpha value is -0.570. The van der Waals surface area contributed by atoms with Gasteiger partial charge in [-0.3, -0.25) is 4.79 Å². The van der Waals surface area contributed by atoms with Crippen molar-refractivity contribution in [3.05, 3.63) is 0 Å². The molecular weight excluding hydrogens is 130 g/mol. The first-order valence-electron chi connectivity index (χ1n) is 3.41. The van der Waals surface area contributed by atoms with Gasteiger partial charge in [-0.2, -0.15) is 0 Å². The van der Waals surface area contributed by atoms with Crippen LogP contribution in [0.1, 0.15) is 26.7 Å². The highest BCUT2D eigenvalue weighted by Crippen LogP contribution is 2.34. The molecule has 2 unspecified atom stereocenters. The van der Waals surface area contributed by atoms with E-state index >= 15 is 0 Å². The van der Waals surface area contributed by atoms with Gasteiger partial charge in [-0.15, -0.1) is 0 Å². The van der Waals surface area contributed by atoms with Crippen LogP contribution in [0.25, 0.3) is 0 Å². The first kappa shape index (κ1) is 9.43. The zero-order valence-electron chi connectivity index (χ0n) is 6.50. The van der Waals surface area contributed by atoms with Gasteiger partial charge >= 0.3 is 0 Å². The lowest BCUT2D eigenvalue weighted by molar-refractivity contribution is -0.122.